The number of fused-ring (bicyclic) bond motifs is 1. The van der Waals surface area contributed by atoms with Crippen LogP contribution in [-0.4, -0.2) is 43.4 Å². The zero-order chi connectivity index (χ0) is 20.5. The van der Waals surface area contributed by atoms with E-state index in [4.69, 9.17) is 9.84 Å². The number of amides is 1. The highest BCUT2D eigenvalue weighted by atomic mass is 32.2. The van der Waals surface area contributed by atoms with Crippen molar-refractivity contribution in [2.24, 2.45) is 0 Å². The molecule has 6 nitrogen and oxygen atoms in total. The van der Waals surface area contributed by atoms with Gasteiger partial charge in [0.1, 0.15) is 21.9 Å². The standard InChI is InChI=1S/C21H19FN4O2S2/c22-15-4-2-13(3-5-15)18-17(20-26(25-18)8-1-9-28-20)14-6-7-23-16(12-14)24-19(27)21-29-10-11-30-21/h2-7,12,21H,1,8-11H2,(H,23,24,27). The van der Waals surface area contributed by atoms with Crippen molar-refractivity contribution in [2.45, 2.75) is 17.5 Å². The monoisotopic (exact) mass is 442 g/mol. The normalized spacial score (nSPS) is 16.2. The number of hydrogen-bond acceptors (Lipinski definition) is 6. The van der Waals surface area contributed by atoms with E-state index in [9.17, 15) is 9.18 Å². The Labute approximate surface area is 181 Å². The number of ether oxygens (including phenoxy) is 1. The van der Waals surface area contributed by atoms with Crippen molar-refractivity contribution in [3.8, 4) is 28.3 Å². The molecule has 4 heterocycles. The minimum absolute atomic E-state index is 0.0424. The van der Waals surface area contributed by atoms with Crippen LogP contribution < -0.4 is 10.1 Å². The van der Waals surface area contributed by atoms with Crippen LogP contribution in [0.4, 0.5) is 10.2 Å². The molecular weight excluding hydrogens is 423 g/mol. The van der Waals surface area contributed by atoms with Gasteiger partial charge in [0.15, 0.2) is 0 Å². The quantitative estimate of drug-likeness (QED) is 0.651. The van der Waals surface area contributed by atoms with Crippen molar-refractivity contribution in [3.63, 3.8) is 0 Å². The summed E-state index contributed by atoms with van der Waals surface area (Å²) in [6, 6.07) is 9.99. The number of hydrogen-bond donors (Lipinski definition) is 1. The van der Waals surface area contributed by atoms with Crippen LogP contribution in [0.2, 0.25) is 0 Å². The second kappa shape index (κ2) is 8.31. The zero-order valence-electron chi connectivity index (χ0n) is 16.0. The minimum atomic E-state index is -0.294. The highest BCUT2D eigenvalue weighted by Gasteiger charge is 2.26. The predicted molar refractivity (Wildman–Crippen MR) is 118 cm³/mol. The van der Waals surface area contributed by atoms with Gasteiger partial charge in [0.2, 0.25) is 11.8 Å². The van der Waals surface area contributed by atoms with E-state index < -0.39 is 0 Å². The maximum atomic E-state index is 13.5. The number of benzene rings is 1. The van der Waals surface area contributed by atoms with Gasteiger partial charge < -0.3 is 10.1 Å². The molecule has 0 bridgehead atoms. The SMILES string of the molecule is O=C(Nc1cc(-c2c(-c3ccc(F)cc3)nn3c2OCCC3)ccn1)C1SCCS1. The van der Waals surface area contributed by atoms with Gasteiger partial charge in [0.05, 0.1) is 12.2 Å². The fourth-order valence-corrected chi connectivity index (χ4v) is 6.13. The summed E-state index contributed by atoms with van der Waals surface area (Å²) in [5, 5.41) is 7.66. The van der Waals surface area contributed by atoms with Crippen LogP contribution in [-0.2, 0) is 11.3 Å². The third kappa shape index (κ3) is 3.79. The molecule has 1 N–H and O–H groups in total. The molecule has 5 rings (SSSR count). The fraction of sp³-hybridized carbons (Fsp3) is 0.286. The van der Waals surface area contributed by atoms with Crippen molar-refractivity contribution in [3.05, 3.63) is 48.4 Å². The number of halogens is 1. The van der Waals surface area contributed by atoms with Crippen molar-refractivity contribution >= 4 is 35.2 Å². The zero-order valence-corrected chi connectivity index (χ0v) is 17.6. The first-order chi connectivity index (χ1) is 14.7. The van der Waals surface area contributed by atoms with E-state index >= 15 is 0 Å². The average Bonchev–Trinajstić information content (AvgIpc) is 3.43. The van der Waals surface area contributed by atoms with Crippen LogP contribution in [0.15, 0.2) is 42.6 Å². The van der Waals surface area contributed by atoms with Gasteiger partial charge in [0, 0.05) is 36.2 Å². The van der Waals surface area contributed by atoms with Crippen LogP contribution in [0.25, 0.3) is 22.4 Å². The Balaban J connectivity index is 1.54. The molecule has 9 heteroatoms. The Kier molecular flexibility index (Phi) is 5.39. The van der Waals surface area contributed by atoms with E-state index in [1.807, 2.05) is 16.8 Å². The smallest absolute Gasteiger partial charge is 0.248 e. The lowest BCUT2D eigenvalue weighted by atomic mass is 10.0. The van der Waals surface area contributed by atoms with Gasteiger partial charge in [0.25, 0.3) is 0 Å². The second-order valence-electron chi connectivity index (χ2n) is 6.95. The number of aryl methyl sites for hydroxylation is 1. The summed E-state index contributed by atoms with van der Waals surface area (Å²) in [5.41, 5.74) is 3.19. The van der Waals surface area contributed by atoms with Crippen LogP contribution in [0.1, 0.15) is 6.42 Å². The number of pyridine rings is 1. The van der Waals surface area contributed by atoms with E-state index in [0.717, 1.165) is 46.9 Å². The number of nitrogens with zero attached hydrogens (tertiary/aromatic N) is 3. The lowest BCUT2D eigenvalue weighted by molar-refractivity contribution is -0.114. The summed E-state index contributed by atoms with van der Waals surface area (Å²) < 4.78 is 21.2. The Morgan fingerprint density at radius 1 is 1.17 bits per heavy atom. The largest absolute Gasteiger partial charge is 0.477 e. The number of anilines is 1. The molecule has 1 aromatic carbocycles. The highest BCUT2D eigenvalue weighted by Crippen LogP contribution is 2.41. The molecule has 2 aliphatic rings. The second-order valence-corrected chi connectivity index (χ2v) is 9.68. The maximum Gasteiger partial charge on any atom is 0.248 e. The summed E-state index contributed by atoms with van der Waals surface area (Å²) >= 11 is 3.30. The van der Waals surface area contributed by atoms with Gasteiger partial charge in [-0.3, -0.25) is 4.79 Å². The van der Waals surface area contributed by atoms with Crippen molar-refractivity contribution < 1.29 is 13.9 Å². The molecule has 0 radical (unpaired) electrons. The van der Waals surface area contributed by atoms with E-state index in [1.54, 1.807) is 41.9 Å². The first-order valence-corrected chi connectivity index (χ1v) is 11.8. The Morgan fingerprint density at radius 3 is 2.77 bits per heavy atom. The van der Waals surface area contributed by atoms with Crippen LogP contribution >= 0.6 is 23.5 Å². The topological polar surface area (TPSA) is 69.0 Å². The van der Waals surface area contributed by atoms with Crippen LogP contribution in [0.5, 0.6) is 5.88 Å². The van der Waals surface area contributed by atoms with Crippen LogP contribution in [0.3, 0.4) is 0 Å². The summed E-state index contributed by atoms with van der Waals surface area (Å²) in [7, 11) is 0. The lowest BCUT2D eigenvalue weighted by Gasteiger charge is -2.16. The van der Waals surface area contributed by atoms with Crippen molar-refractivity contribution in [2.75, 3.05) is 23.4 Å². The summed E-state index contributed by atoms with van der Waals surface area (Å²) in [6.45, 7) is 1.38. The molecule has 1 saturated heterocycles. The van der Waals surface area contributed by atoms with Gasteiger partial charge in [-0.05, 0) is 42.0 Å². The fourth-order valence-electron chi connectivity index (χ4n) is 3.55. The molecule has 0 spiro atoms. The third-order valence-corrected chi connectivity index (χ3v) is 7.90. The molecule has 0 atom stereocenters. The predicted octanol–water partition coefficient (Wildman–Crippen LogP) is 4.28. The molecule has 30 heavy (non-hydrogen) atoms. The number of carbonyl (C=O) groups is 1. The van der Waals surface area contributed by atoms with E-state index in [0.29, 0.717) is 18.3 Å². The number of carbonyl (C=O) groups excluding carboxylic acids is 1. The lowest BCUT2D eigenvalue weighted by Crippen LogP contribution is -2.21. The Bertz CT molecular complexity index is 1080. The Morgan fingerprint density at radius 2 is 1.97 bits per heavy atom. The van der Waals surface area contributed by atoms with Gasteiger partial charge in [-0.2, -0.15) is 5.10 Å². The van der Waals surface area contributed by atoms with Gasteiger partial charge >= 0.3 is 0 Å². The third-order valence-electron chi connectivity index (χ3n) is 4.91. The number of rotatable bonds is 4. The Hall–Kier alpha value is -2.52. The molecular formula is C21H19FN4O2S2. The highest BCUT2D eigenvalue weighted by molar-refractivity contribution is 8.21. The molecule has 2 aromatic heterocycles. The molecule has 3 aromatic rings. The summed E-state index contributed by atoms with van der Waals surface area (Å²) in [5.74, 6) is 2.81. The van der Waals surface area contributed by atoms with Gasteiger partial charge in [-0.1, -0.05) is 0 Å². The number of aromatic nitrogens is 3. The van der Waals surface area contributed by atoms with E-state index in [-0.39, 0.29) is 16.3 Å². The molecule has 2 aliphatic heterocycles. The summed E-state index contributed by atoms with van der Waals surface area (Å²) in [6.07, 6.45) is 2.55. The van der Waals surface area contributed by atoms with Crippen molar-refractivity contribution in [1.82, 2.24) is 14.8 Å². The number of nitrogens with one attached hydrogen (secondary N) is 1. The number of thioether (sulfide) groups is 2. The molecule has 0 saturated carbocycles. The minimum Gasteiger partial charge on any atom is -0.477 e. The van der Waals surface area contributed by atoms with Crippen molar-refractivity contribution in [1.29, 1.82) is 0 Å². The average molecular weight is 443 g/mol. The maximum absolute atomic E-state index is 13.5. The van der Waals surface area contributed by atoms with Crippen LogP contribution in [0, 0.1) is 5.82 Å². The first kappa shape index (κ1) is 19.4. The molecule has 1 fully saturated rings. The van der Waals surface area contributed by atoms with Gasteiger partial charge in [-0.15, -0.1) is 23.5 Å². The van der Waals surface area contributed by atoms with E-state index in [2.05, 4.69) is 10.3 Å². The molecule has 0 aliphatic carbocycles. The summed E-state index contributed by atoms with van der Waals surface area (Å²) in [4.78, 5) is 16.8. The molecule has 1 amide bonds. The molecule has 154 valence electrons. The van der Waals surface area contributed by atoms with Gasteiger partial charge in [-0.25, -0.2) is 14.1 Å². The van der Waals surface area contributed by atoms with E-state index in [1.165, 1.54) is 12.1 Å². The molecule has 0 unspecified atom stereocenters. The first-order valence-electron chi connectivity index (χ1n) is 9.69.